The van der Waals surface area contributed by atoms with E-state index in [-0.39, 0.29) is 25.2 Å². The first-order valence-corrected chi connectivity index (χ1v) is 3.36. The standard InChI is InChI=1S/C6H9F3O2/c7-6(8,9)2-1-4-5(3-10)11-4/h4-5,10H,1-3H2/t4?,5-/m0/s1. The van der Waals surface area contributed by atoms with Crippen molar-refractivity contribution >= 4 is 0 Å². The largest absolute Gasteiger partial charge is 0.394 e. The highest BCUT2D eigenvalue weighted by Crippen LogP contribution is 2.31. The van der Waals surface area contributed by atoms with Gasteiger partial charge in [0.25, 0.3) is 0 Å². The molecular formula is C6H9F3O2. The zero-order valence-electron chi connectivity index (χ0n) is 5.77. The van der Waals surface area contributed by atoms with Crippen molar-refractivity contribution in [2.24, 2.45) is 0 Å². The van der Waals surface area contributed by atoms with Gasteiger partial charge in [0.05, 0.1) is 12.7 Å². The van der Waals surface area contributed by atoms with Crippen molar-refractivity contribution in [1.29, 1.82) is 0 Å². The fourth-order valence-electron chi connectivity index (χ4n) is 0.900. The molecule has 0 spiro atoms. The number of alkyl halides is 3. The Labute approximate surface area is 62.0 Å². The zero-order chi connectivity index (χ0) is 8.48. The number of aliphatic hydroxyl groups is 1. The third-order valence-electron chi connectivity index (χ3n) is 1.58. The Kier molecular flexibility index (Phi) is 2.39. The zero-order valence-corrected chi connectivity index (χ0v) is 5.77. The highest BCUT2D eigenvalue weighted by Gasteiger charge is 2.40. The van der Waals surface area contributed by atoms with Gasteiger partial charge in [0.2, 0.25) is 0 Å². The quantitative estimate of drug-likeness (QED) is 0.643. The highest BCUT2D eigenvalue weighted by molar-refractivity contribution is 4.84. The lowest BCUT2D eigenvalue weighted by molar-refractivity contribution is -0.136. The first-order valence-electron chi connectivity index (χ1n) is 3.36. The molecule has 0 amide bonds. The van der Waals surface area contributed by atoms with E-state index in [1.54, 1.807) is 0 Å². The summed E-state index contributed by atoms with van der Waals surface area (Å²) in [5.41, 5.74) is 0. The molecule has 1 aliphatic heterocycles. The first-order chi connectivity index (χ1) is 5.03. The molecule has 0 bridgehead atoms. The summed E-state index contributed by atoms with van der Waals surface area (Å²) < 4.78 is 39.4. The van der Waals surface area contributed by atoms with Gasteiger partial charge in [0, 0.05) is 6.42 Å². The monoisotopic (exact) mass is 170 g/mol. The van der Waals surface area contributed by atoms with Crippen LogP contribution in [0.15, 0.2) is 0 Å². The minimum atomic E-state index is -4.11. The molecule has 5 heteroatoms. The molecule has 11 heavy (non-hydrogen) atoms. The lowest BCUT2D eigenvalue weighted by Crippen LogP contribution is -2.09. The van der Waals surface area contributed by atoms with Crippen LogP contribution in [0.1, 0.15) is 12.8 Å². The predicted molar refractivity (Wildman–Crippen MR) is 31.0 cm³/mol. The van der Waals surface area contributed by atoms with Crippen LogP contribution in [0.4, 0.5) is 13.2 Å². The topological polar surface area (TPSA) is 32.8 Å². The Balaban J connectivity index is 2.06. The number of hydrogen-bond donors (Lipinski definition) is 1. The molecule has 1 rings (SSSR count). The molecule has 2 nitrogen and oxygen atoms in total. The Morgan fingerprint density at radius 2 is 1.91 bits per heavy atom. The number of hydrogen-bond acceptors (Lipinski definition) is 2. The molecule has 0 aliphatic carbocycles. The third-order valence-corrected chi connectivity index (χ3v) is 1.58. The lowest BCUT2D eigenvalue weighted by Gasteiger charge is -2.02. The summed E-state index contributed by atoms with van der Waals surface area (Å²) in [5.74, 6) is 0. The number of halogens is 3. The van der Waals surface area contributed by atoms with E-state index in [2.05, 4.69) is 0 Å². The molecular weight excluding hydrogens is 161 g/mol. The van der Waals surface area contributed by atoms with Gasteiger partial charge in [-0.2, -0.15) is 13.2 Å². The molecule has 1 unspecified atom stereocenters. The number of aliphatic hydroxyl groups excluding tert-OH is 1. The third kappa shape index (κ3) is 3.07. The first kappa shape index (κ1) is 8.80. The molecule has 1 fully saturated rings. The van der Waals surface area contributed by atoms with Crippen LogP contribution in [-0.2, 0) is 4.74 Å². The molecule has 0 saturated carbocycles. The van der Waals surface area contributed by atoms with Gasteiger partial charge < -0.3 is 9.84 Å². The summed E-state index contributed by atoms with van der Waals surface area (Å²) in [7, 11) is 0. The van der Waals surface area contributed by atoms with E-state index in [0.717, 1.165) is 0 Å². The van der Waals surface area contributed by atoms with Gasteiger partial charge in [-0.25, -0.2) is 0 Å². The van der Waals surface area contributed by atoms with Crippen LogP contribution in [0.2, 0.25) is 0 Å². The fourth-order valence-corrected chi connectivity index (χ4v) is 0.900. The van der Waals surface area contributed by atoms with Crippen LogP contribution in [-0.4, -0.2) is 30.1 Å². The van der Waals surface area contributed by atoms with E-state index in [1.807, 2.05) is 0 Å². The summed E-state index contributed by atoms with van der Waals surface area (Å²) in [6.07, 6.45) is -5.69. The van der Waals surface area contributed by atoms with Crippen LogP contribution in [0.5, 0.6) is 0 Å². The second-order valence-electron chi connectivity index (χ2n) is 2.55. The second kappa shape index (κ2) is 2.98. The highest BCUT2D eigenvalue weighted by atomic mass is 19.4. The smallest absolute Gasteiger partial charge is 0.389 e. The Morgan fingerprint density at radius 3 is 2.27 bits per heavy atom. The summed E-state index contributed by atoms with van der Waals surface area (Å²) in [4.78, 5) is 0. The minimum absolute atomic E-state index is 0.0330. The van der Waals surface area contributed by atoms with E-state index >= 15 is 0 Å². The number of ether oxygens (including phenoxy) is 1. The summed E-state index contributed by atoms with van der Waals surface area (Å²) >= 11 is 0. The molecule has 1 N–H and O–H groups in total. The van der Waals surface area contributed by atoms with Crippen LogP contribution in [0.3, 0.4) is 0 Å². The number of epoxide rings is 1. The van der Waals surface area contributed by atoms with E-state index < -0.39 is 12.6 Å². The summed E-state index contributed by atoms with van der Waals surface area (Å²) in [6.45, 7) is -0.178. The molecule has 1 heterocycles. The molecule has 0 radical (unpaired) electrons. The molecule has 2 atom stereocenters. The van der Waals surface area contributed by atoms with Crippen molar-refractivity contribution in [2.45, 2.75) is 31.2 Å². The normalized spacial score (nSPS) is 30.5. The van der Waals surface area contributed by atoms with Crippen molar-refractivity contribution in [3.63, 3.8) is 0 Å². The van der Waals surface area contributed by atoms with Crippen LogP contribution >= 0.6 is 0 Å². The van der Waals surface area contributed by atoms with Crippen molar-refractivity contribution < 1.29 is 23.0 Å². The SMILES string of the molecule is OC[C@@H]1OC1CCC(F)(F)F. The summed E-state index contributed by atoms with van der Waals surface area (Å²) in [6, 6.07) is 0. The average molecular weight is 170 g/mol. The van der Waals surface area contributed by atoms with Gasteiger partial charge in [0.1, 0.15) is 6.10 Å². The predicted octanol–water partition coefficient (Wildman–Crippen LogP) is 1.09. The Hall–Kier alpha value is -0.290. The Bertz CT molecular complexity index is 134. The van der Waals surface area contributed by atoms with Gasteiger partial charge in [-0.05, 0) is 6.42 Å². The lowest BCUT2D eigenvalue weighted by atomic mass is 10.2. The molecule has 1 aliphatic rings. The van der Waals surface area contributed by atoms with Gasteiger partial charge in [-0.3, -0.25) is 0 Å². The van der Waals surface area contributed by atoms with E-state index in [0.29, 0.717) is 0 Å². The minimum Gasteiger partial charge on any atom is -0.394 e. The van der Waals surface area contributed by atoms with Crippen molar-refractivity contribution in [1.82, 2.24) is 0 Å². The van der Waals surface area contributed by atoms with Gasteiger partial charge in [0.15, 0.2) is 0 Å². The van der Waals surface area contributed by atoms with Crippen molar-refractivity contribution in [3.8, 4) is 0 Å². The van der Waals surface area contributed by atoms with Gasteiger partial charge >= 0.3 is 6.18 Å². The van der Waals surface area contributed by atoms with Crippen LogP contribution < -0.4 is 0 Å². The summed E-state index contributed by atoms with van der Waals surface area (Å²) in [5, 5.41) is 8.40. The number of rotatable bonds is 3. The maximum atomic E-state index is 11.6. The Morgan fingerprint density at radius 1 is 1.27 bits per heavy atom. The maximum Gasteiger partial charge on any atom is 0.389 e. The van der Waals surface area contributed by atoms with Crippen molar-refractivity contribution in [3.05, 3.63) is 0 Å². The van der Waals surface area contributed by atoms with E-state index in [4.69, 9.17) is 9.84 Å². The van der Waals surface area contributed by atoms with Crippen LogP contribution in [0, 0.1) is 0 Å². The van der Waals surface area contributed by atoms with Gasteiger partial charge in [-0.1, -0.05) is 0 Å². The second-order valence-corrected chi connectivity index (χ2v) is 2.55. The molecule has 0 aromatic heterocycles. The molecule has 0 aromatic carbocycles. The maximum absolute atomic E-state index is 11.6. The molecule has 1 saturated heterocycles. The molecule has 66 valence electrons. The van der Waals surface area contributed by atoms with Gasteiger partial charge in [-0.15, -0.1) is 0 Å². The molecule has 0 aromatic rings. The fraction of sp³-hybridized carbons (Fsp3) is 1.00. The van der Waals surface area contributed by atoms with E-state index in [1.165, 1.54) is 0 Å². The van der Waals surface area contributed by atoms with Crippen molar-refractivity contribution in [2.75, 3.05) is 6.61 Å². The average Bonchev–Trinajstić information content (AvgIpc) is 2.60. The van der Waals surface area contributed by atoms with E-state index in [9.17, 15) is 13.2 Å². The van der Waals surface area contributed by atoms with Crippen LogP contribution in [0.25, 0.3) is 0 Å².